The van der Waals surface area contributed by atoms with E-state index in [1.165, 1.54) is 19.3 Å². The lowest BCUT2D eigenvalue weighted by Crippen LogP contribution is -2.61. The Balaban J connectivity index is 1.58. The molecule has 2 aliphatic rings. The van der Waals surface area contributed by atoms with Gasteiger partial charge in [-0.15, -0.1) is 0 Å². The van der Waals surface area contributed by atoms with Gasteiger partial charge in [-0.3, -0.25) is 4.79 Å². The van der Waals surface area contributed by atoms with Crippen LogP contribution in [0.1, 0.15) is 84.0 Å². The molecule has 11 atom stereocenters. The van der Waals surface area contributed by atoms with Gasteiger partial charge in [0.25, 0.3) is 0 Å². The first-order chi connectivity index (χ1) is 22.6. The van der Waals surface area contributed by atoms with Crippen LogP contribution in [-0.2, 0) is 28.5 Å². The molecule has 47 heavy (non-hydrogen) atoms. The van der Waals surface area contributed by atoms with Crippen LogP contribution in [0.15, 0.2) is 24.3 Å². The van der Waals surface area contributed by atoms with Gasteiger partial charge in [0, 0.05) is 6.42 Å². The van der Waals surface area contributed by atoms with Crippen molar-refractivity contribution in [1.29, 1.82) is 0 Å². The maximum absolute atomic E-state index is 12.1. The molecule has 0 spiro atoms. The normalized spacial score (nSPS) is 32.3. The molecular formula is C33H58O14. The largest absolute Gasteiger partial charge is 0.463 e. The molecule has 0 aromatic heterocycles. The number of unbranched alkanes of at least 4 members (excludes halogenated alkanes) is 8. The molecule has 2 saturated heterocycles. The third kappa shape index (κ3) is 15.3. The van der Waals surface area contributed by atoms with Crippen molar-refractivity contribution in [2.75, 3.05) is 26.4 Å². The minimum absolute atomic E-state index is 0.225. The van der Waals surface area contributed by atoms with Crippen molar-refractivity contribution in [3.05, 3.63) is 24.3 Å². The maximum Gasteiger partial charge on any atom is 0.305 e. The molecule has 2 fully saturated rings. The summed E-state index contributed by atoms with van der Waals surface area (Å²) in [5.74, 6) is -0.451. The van der Waals surface area contributed by atoms with Crippen molar-refractivity contribution >= 4 is 5.97 Å². The molecule has 2 rings (SSSR count). The first-order valence-corrected chi connectivity index (χ1v) is 17.0. The van der Waals surface area contributed by atoms with E-state index in [0.29, 0.717) is 6.42 Å². The van der Waals surface area contributed by atoms with Crippen LogP contribution in [0, 0.1) is 0 Å². The standard InChI is InChI=1S/C33H58O14/c1-2-3-4-5-6-7-8-9-10-11-12-13-14-15-16-17-25(36)43-19-22(35)20-44-32-31(42)29(40)27(38)24(47-32)21-45-33-30(41)28(39)26(37)23(18-34)46-33/h6-7,9-10,22-24,26-35,37-42H,2-5,8,11-21H2,1H3/b7-6-,10-9-/t22-,23+,24+,26+,27+,28-,29-,30+,31+,32+,33+/m0/s1. The number of hydrogen-bond acceptors (Lipinski definition) is 14. The van der Waals surface area contributed by atoms with Crippen LogP contribution in [0.3, 0.4) is 0 Å². The van der Waals surface area contributed by atoms with E-state index < -0.39 is 93.3 Å². The van der Waals surface area contributed by atoms with Gasteiger partial charge in [-0.25, -0.2) is 0 Å². The summed E-state index contributed by atoms with van der Waals surface area (Å²) in [5.41, 5.74) is 0. The van der Waals surface area contributed by atoms with Gasteiger partial charge < -0.3 is 64.5 Å². The molecule has 0 saturated carbocycles. The first-order valence-electron chi connectivity index (χ1n) is 17.0. The van der Waals surface area contributed by atoms with Gasteiger partial charge in [0.1, 0.15) is 61.5 Å². The molecule has 2 aliphatic heterocycles. The zero-order valence-electron chi connectivity index (χ0n) is 27.5. The monoisotopic (exact) mass is 678 g/mol. The first kappa shape index (κ1) is 41.6. The Morgan fingerprint density at radius 3 is 1.87 bits per heavy atom. The number of esters is 1. The van der Waals surface area contributed by atoms with Crippen LogP contribution in [0.4, 0.5) is 0 Å². The molecule has 0 aliphatic carbocycles. The van der Waals surface area contributed by atoms with Gasteiger partial charge in [-0.1, -0.05) is 63.3 Å². The molecule has 8 N–H and O–H groups in total. The lowest BCUT2D eigenvalue weighted by molar-refractivity contribution is -0.332. The Labute approximate surface area is 277 Å². The van der Waals surface area contributed by atoms with Crippen LogP contribution in [-0.4, -0.2) is 141 Å². The SMILES string of the molecule is CCCCC/C=C\C/C=C\CCCCCCCC(=O)OC[C@H](O)CO[C@@H]1O[C@H](CO[C@@H]2O[C@H](CO)[C@@H](O)[C@H](O)[C@H]2O)[C@@H](O)[C@H](O)[C@H]1O. The minimum atomic E-state index is -1.73. The summed E-state index contributed by atoms with van der Waals surface area (Å²) in [6.45, 7) is 0.250. The third-order valence-corrected chi connectivity index (χ3v) is 8.16. The van der Waals surface area contributed by atoms with E-state index >= 15 is 0 Å². The van der Waals surface area contributed by atoms with Crippen molar-refractivity contribution in [3.8, 4) is 0 Å². The second-order valence-corrected chi connectivity index (χ2v) is 12.2. The summed E-state index contributed by atoms with van der Waals surface area (Å²) in [7, 11) is 0. The van der Waals surface area contributed by atoms with E-state index in [-0.39, 0.29) is 13.0 Å². The lowest BCUT2D eigenvalue weighted by atomic mass is 9.98. The molecule has 0 aromatic carbocycles. The number of aliphatic hydroxyl groups is 8. The fourth-order valence-corrected chi connectivity index (χ4v) is 5.18. The Hall–Kier alpha value is -1.53. The highest BCUT2D eigenvalue weighted by Gasteiger charge is 2.47. The summed E-state index contributed by atoms with van der Waals surface area (Å²) in [6, 6.07) is 0. The van der Waals surface area contributed by atoms with Gasteiger partial charge >= 0.3 is 5.97 Å². The van der Waals surface area contributed by atoms with Gasteiger partial charge in [0.2, 0.25) is 0 Å². The summed E-state index contributed by atoms with van der Waals surface area (Å²) in [4.78, 5) is 12.1. The van der Waals surface area contributed by atoms with Crippen LogP contribution < -0.4 is 0 Å². The highest BCUT2D eigenvalue weighted by Crippen LogP contribution is 2.26. The Kier molecular flexibility index (Phi) is 21.1. The van der Waals surface area contributed by atoms with Crippen molar-refractivity contribution in [2.24, 2.45) is 0 Å². The molecule has 0 radical (unpaired) electrons. The Morgan fingerprint density at radius 2 is 1.23 bits per heavy atom. The van der Waals surface area contributed by atoms with E-state index in [2.05, 4.69) is 31.2 Å². The molecular weight excluding hydrogens is 620 g/mol. The fourth-order valence-electron chi connectivity index (χ4n) is 5.18. The smallest absolute Gasteiger partial charge is 0.305 e. The van der Waals surface area contributed by atoms with E-state index in [0.717, 1.165) is 44.9 Å². The topological polar surface area (TPSA) is 225 Å². The number of carbonyl (C=O) groups is 1. The molecule has 0 bridgehead atoms. The van der Waals surface area contributed by atoms with Crippen molar-refractivity contribution in [2.45, 2.75) is 151 Å². The van der Waals surface area contributed by atoms with E-state index in [4.69, 9.17) is 23.7 Å². The predicted molar refractivity (Wildman–Crippen MR) is 169 cm³/mol. The molecule has 0 unspecified atom stereocenters. The van der Waals surface area contributed by atoms with Crippen molar-refractivity contribution < 1.29 is 69.3 Å². The quantitative estimate of drug-likeness (QED) is 0.0415. The van der Waals surface area contributed by atoms with Crippen molar-refractivity contribution in [3.63, 3.8) is 0 Å². The lowest BCUT2D eigenvalue weighted by Gasteiger charge is -2.42. The van der Waals surface area contributed by atoms with Crippen LogP contribution in [0.25, 0.3) is 0 Å². The molecule has 2 heterocycles. The average molecular weight is 679 g/mol. The van der Waals surface area contributed by atoms with E-state index in [1.54, 1.807) is 0 Å². The fraction of sp³-hybridized carbons (Fsp3) is 0.848. The molecule has 0 aromatic rings. The average Bonchev–Trinajstić information content (AvgIpc) is 3.06. The Morgan fingerprint density at radius 1 is 0.681 bits per heavy atom. The molecule has 274 valence electrons. The zero-order valence-corrected chi connectivity index (χ0v) is 27.5. The number of hydrogen-bond donors (Lipinski definition) is 8. The zero-order chi connectivity index (χ0) is 34.6. The number of ether oxygens (including phenoxy) is 5. The third-order valence-electron chi connectivity index (χ3n) is 8.16. The molecule has 14 nitrogen and oxygen atoms in total. The van der Waals surface area contributed by atoms with Crippen LogP contribution in [0.5, 0.6) is 0 Å². The van der Waals surface area contributed by atoms with Gasteiger partial charge in [0.05, 0.1) is 19.8 Å². The second kappa shape index (κ2) is 23.8. The van der Waals surface area contributed by atoms with E-state index in [9.17, 15) is 45.6 Å². The van der Waals surface area contributed by atoms with Crippen LogP contribution in [0.2, 0.25) is 0 Å². The minimum Gasteiger partial charge on any atom is -0.463 e. The van der Waals surface area contributed by atoms with Gasteiger partial charge in [0.15, 0.2) is 12.6 Å². The molecule has 14 heteroatoms. The number of aliphatic hydroxyl groups excluding tert-OH is 8. The van der Waals surface area contributed by atoms with Gasteiger partial charge in [-0.05, 0) is 38.5 Å². The van der Waals surface area contributed by atoms with Gasteiger partial charge in [-0.2, -0.15) is 0 Å². The summed E-state index contributed by atoms with van der Waals surface area (Å²) in [5, 5.41) is 80.3. The number of allylic oxidation sites excluding steroid dienone is 4. The molecule has 0 amide bonds. The predicted octanol–water partition coefficient (Wildman–Crippen LogP) is 0.345. The number of rotatable bonds is 23. The van der Waals surface area contributed by atoms with Crippen LogP contribution >= 0.6 is 0 Å². The number of carbonyl (C=O) groups excluding carboxylic acids is 1. The summed E-state index contributed by atoms with van der Waals surface area (Å²) < 4.78 is 26.6. The summed E-state index contributed by atoms with van der Waals surface area (Å²) >= 11 is 0. The highest BCUT2D eigenvalue weighted by molar-refractivity contribution is 5.69. The maximum atomic E-state index is 12.1. The van der Waals surface area contributed by atoms with E-state index in [1.807, 2.05) is 0 Å². The second-order valence-electron chi connectivity index (χ2n) is 12.2. The van der Waals surface area contributed by atoms with Crippen molar-refractivity contribution in [1.82, 2.24) is 0 Å². The Bertz CT molecular complexity index is 885. The summed E-state index contributed by atoms with van der Waals surface area (Å²) in [6.07, 6.45) is 4.08. The highest BCUT2D eigenvalue weighted by atomic mass is 16.7.